The Labute approximate surface area is 169 Å². The number of carbonyl (C=O) groups is 3. The number of anilines is 1. The lowest BCUT2D eigenvalue weighted by atomic mass is 9.93. The normalized spacial score (nSPS) is 16.0. The molecule has 1 amide bonds. The first kappa shape index (κ1) is 20.8. The van der Waals surface area contributed by atoms with Gasteiger partial charge >= 0.3 is 5.97 Å². The van der Waals surface area contributed by atoms with E-state index in [2.05, 4.69) is 21.4 Å². The monoisotopic (exact) mass is 400 g/mol. The number of nitrogens with zero attached hydrogens (tertiary/aromatic N) is 3. The van der Waals surface area contributed by atoms with E-state index in [1.54, 1.807) is 11.7 Å². The van der Waals surface area contributed by atoms with Gasteiger partial charge in [0.15, 0.2) is 0 Å². The largest absolute Gasteiger partial charge is 0.481 e. The minimum absolute atomic E-state index is 0.0920. The second-order valence-corrected chi connectivity index (χ2v) is 7.69. The molecular weight excluding hydrogens is 372 g/mol. The maximum absolute atomic E-state index is 11.6. The van der Waals surface area contributed by atoms with Crippen molar-refractivity contribution in [2.24, 2.45) is 13.0 Å². The number of hydrogen-bond donors (Lipinski definition) is 2. The van der Waals surface area contributed by atoms with E-state index in [9.17, 15) is 14.4 Å². The number of amides is 1. The second kappa shape index (κ2) is 9.07. The number of carboxylic acid groups (broad SMARTS) is 1. The second-order valence-electron chi connectivity index (χ2n) is 7.69. The Bertz CT molecular complexity index is 899. The topological polar surface area (TPSA) is 105 Å². The highest BCUT2D eigenvalue weighted by Crippen LogP contribution is 2.31. The van der Waals surface area contributed by atoms with Crippen molar-refractivity contribution in [2.75, 3.05) is 25.0 Å². The first-order chi connectivity index (χ1) is 13.9. The van der Waals surface area contributed by atoms with Gasteiger partial charge in [0.2, 0.25) is 5.91 Å². The molecular formula is C21H28N4O4. The van der Waals surface area contributed by atoms with E-state index in [0.29, 0.717) is 12.1 Å². The van der Waals surface area contributed by atoms with Crippen LogP contribution in [0.15, 0.2) is 18.2 Å². The predicted molar refractivity (Wildman–Crippen MR) is 110 cm³/mol. The summed E-state index contributed by atoms with van der Waals surface area (Å²) in [5.41, 5.74) is 2.72. The number of aryl methyl sites for hydroxylation is 1. The van der Waals surface area contributed by atoms with Crippen molar-refractivity contribution in [3.05, 3.63) is 23.9 Å². The molecule has 1 fully saturated rings. The summed E-state index contributed by atoms with van der Waals surface area (Å²) in [6, 6.07) is 6.10. The van der Waals surface area contributed by atoms with E-state index in [0.717, 1.165) is 48.8 Å². The van der Waals surface area contributed by atoms with Crippen LogP contribution in [0.4, 0.5) is 5.69 Å². The van der Waals surface area contributed by atoms with Crippen molar-refractivity contribution < 1.29 is 19.5 Å². The molecule has 1 aliphatic rings. The van der Waals surface area contributed by atoms with E-state index in [-0.39, 0.29) is 24.7 Å². The minimum atomic E-state index is -0.728. The Morgan fingerprint density at radius 1 is 1.34 bits per heavy atom. The van der Waals surface area contributed by atoms with Gasteiger partial charge in [-0.15, -0.1) is 0 Å². The van der Waals surface area contributed by atoms with E-state index < -0.39 is 11.9 Å². The lowest BCUT2D eigenvalue weighted by Crippen LogP contribution is -2.34. The molecule has 29 heavy (non-hydrogen) atoms. The number of rotatable bonds is 8. The van der Waals surface area contributed by atoms with Crippen LogP contribution in [0, 0.1) is 5.92 Å². The van der Waals surface area contributed by atoms with Gasteiger partial charge in [-0.05, 0) is 43.4 Å². The zero-order chi connectivity index (χ0) is 21.0. The minimum Gasteiger partial charge on any atom is -0.481 e. The molecule has 0 spiro atoms. The zero-order valence-electron chi connectivity index (χ0n) is 16.9. The summed E-state index contributed by atoms with van der Waals surface area (Å²) in [5, 5.41) is 17.0. The summed E-state index contributed by atoms with van der Waals surface area (Å²) in [5.74, 6) is -1.00. The van der Waals surface area contributed by atoms with Crippen molar-refractivity contribution in [1.82, 2.24) is 15.1 Å². The van der Waals surface area contributed by atoms with Crippen molar-refractivity contribution in [3.63, 3.8) is 0 Å². The molecule has 0 saturated carbocycles. The molecule has 0 aliphatic carbocycles. The molecule has 1 aliphatic heterocycles. The summed E-state index contributed by atoms with van der Waals surface area (Å²) in [6.07, 6.45) is 3.55. The quantitative estimate of drug-likeness (QED) is 0.658. The molecule has 1 aromatic carbocycles. The number of carbonyl (C=O) groups excluding carboxylic acids is 2. The third-order valence-corrected chi connectivity index (χ3v) is 5.78. The molecule has 1 saturated heterocycles. The maximum atomic E-state index is 11.6. The Hall–Kier alpha value is -2.90. The van der Waals surface area contributed by atoms with E-state index in [1.807, 2.05) is 19.2 Å². The highest BCUT2D eigenvalue weighted by molar-refractivity contribution is 5.88. The van der Waals surface area contributed by atoms with Crippen LogP contribution < -0.4 is 10.2 Å². The lowest BCUT2D eigenvalue weighted by molar-refractivity contribution is -0.138. The molecule has 1 aromatic heterocycles. The average molecular weight is 400 g/mol. The van der Waals surface area contributed by atoms with Gasteiger partial charge in [0.1, 0.15) is 6.29 Å². The highest BCUT2D eigenvalue weighted by Gasteiger charge is 2.23. The predicted octanol–water partition coefficient (Wildman–Crippen LogP) is 2.07. The molecule has 2 heterocycles. The van der Waals surface area contributed by atoms with Gasteiger partial charge in [-0.1, -0.05) is 0 Å². The van der Waals surface area contributed by atoms with Crippen molar-refractivity contribution >= 4 is 34.8 Å². The third-order valence-electron chi connectivity index (χ3n) is 5.78. The van der Waals surface area contributed by atoms with E-state index in [1.165, 1.54) is 0 Å². The summed E-state index contributed by atoms with van der Waals surface area (Å²) in [7, 11) is 3.44. The van der Waals surface area contributed by atoms with Crippen molar-refractivity contribution in [3.8, 4) is 0 Å². The van der Waals surface area contributed by atoms with Crippen LogP contribution >= 0.6 is 0 Å². The molecule has 156 valence electrons. The zero-order valence-corrected chi connectivity index (χ0v) is 16.9. The fraction of sp³-hybridized carbons (Fsp3) is 0.524. The first-order valence-electron chi connectivity index (χ1n) is 10.0. The number of aldehydes is 1. The van der Waals surface area contributed by atoms with Crippen LogP contribution in [0.25, 0.3) is 10.9 Å². The van der Waals surface area contributed by atoms with Gasteiger partial charge in [0.25, 0.3) is 0 Å². The Morgan fingerprint density at radius 2 is 2.07 bits per heavy atom. The van der Waals surface area contributed by atoms with Crippen LogP contribution in [-0.4, -0.2) is 53.2 Å². The molecule has 8 heteroatoms. The number of fused-ring (bicyclic) bond motifs is 1. The summed E-state index contributed by atoms with van der Waals surface area (Å²) >= 11 is 0. The molecule has 0 bridgehead atoms. The summed E-state index contributed by atoms with van der Waals surface area (Å²) in [6.45, 7) is 1.66. The molecule has 3 rings (SSSR count). The molecule has 8 nitrogen and oxygen atoms in total. The summed E-state index contributed by atoms with van der Waals surface area (Å²) in [4.78, 5) is 36.4. The fourth-order valence-electron chi connectivity index (χ4n) is 4.07. The Morgan fingerprint density at radius 3 is 2.69 bits per heavy atom. The van der Waals surface area contributed by atoms with Gasteiger partial charge in [-0.25, -0.2) is 0 Å². The van der Waals surface area contributed by atoms with Crippen molar-refractivity contribution in [2.45, 2.75) is 38.0 Å². The lowest BCUT2D eigenvalue weighted by Gasteiger charge is -2.33. The van der Waals surface area contributed by atoms with Crippen LogP contribution in [0.3, 0.4) is 0 Å². The number of hydrogen-bond acceptors (Lipinski definition) is 5. The summed E-state index contributed by atoms with van der Waals surface area (Å²) < 4.78 is 1.78. The number of aromatic nitrogens is 2. The van der Waals surface area contributed by atoms with Gasteiger partial charge in [0.05, 0.1) is 17.1 Å². The van der Waals surface area contributed by atoms with Crippen LogP contribution in [0.5, 0.6) is 0 Å². The van der Waals surface area contributed by atoms with Crippen LogP contribution in [0.2, 0.25) is 0 Å². The van der Waals surface area contributed by atoms with Crippen molar-refractivity contribution in [1.29, 1.82) is 0 Å². The number of aliphatic carboxylic acids is 1. The molecule has 0 radical (unpaired) electrons. The molecule has 1 unspecified atom stereocenters. The standard InChI is InChI=1S/C21H28N4O4/c1-22-19(27)6-3-15(13-26)21-17-5-4-16(12-18(17)24(2)23-21)25-9-7-14(8-10-25)11-20(28)29/h4-5,12-15H,3,6-11H2,1-2H3,(H,22,27)(H,28,29). The van der Waals surface area contributed by atoms with Gasteiger partial charge in [0, 0.05) is 51.1 Å². The Kier molecular flexibility index (Phi) is 6.51. The van der Waals surface area contributed by atoms with Crippen LogP contribution in [-0.2, 0) is 21.4 Å². The smallest absolute Gasteiger partial charge is 0.303 e. The molecule has 2 N–H and O–H groups in total. The van der Waals surface area contributed by atoms with E-state index in [4.69, 9.17) is 5.11 Å². The number of nitrogens with one attached hydrogen (secondary N) is 1. The number of benzene rings is 1. The number of piperidine rings is 1. The first-order valence-corrected chi connectivity index (χ1v) is 10.0. The average Bonchev–Trinajstić information content (AvgIpc) is 3.04. The molecule has 2 aromatic rings. The number of carboxylic acids is 1. The Balaban J connectivity index is 1.77. The van der Waals surface area contributed by atoms with Crippen LogP contribution in [0.1, 0.15) is 43.7 Å². The maximum Gasteiger partial charge on any atom is 0.303 e. The van der Waals surface area contributed by atoms with Gasteiger partial charge < -0.3 is 20.1 Å². The molecule has 1 atom stereocenters. The SMILES string of the molecule is CNC(=O)CCC(C=O)c1nn(C)c2cc(N3CCC(CC(=O)O)CC3)ccc12. The fourth-order valence-corrected chi connectivity index (χ4v) is 4.07. The third kappa shape index (κ3) is 4.75. The van der Waals surface area contributed by atoms with E-state index >= 15 is 0 Å². The van der Waals surface area contributed by atoms with Gasteiger partial charge in [-0.2, -0.15) is 5.10 Å². The van der Waals surface area contributed by atoms with Gasteiger partial charge in [-0.3, -0.25) is 14.3 Å². The highest BCUT2D eigenvalue weighted by atomic mass is 16.4.